The lowest BCUT2D eigenvalue weighted by atomic mass is 10.0. The summed E-state index contributed by atoms with van der Waals surface area (Å²) >= 11 is 0. The van der Waals surface area contributed by atoms with E-state index < -0.39 is 0 Å². The Bertz CT molecular complexity index is 164. The van der Waals surface area contributed by atoms with E-state index in [4.69, 9.17) is 0 Å². The average molecular weight is 226 g/mol. The second-order valence-corrected chi connectivity index (χ2v) is 5.37. The molecule has 16 heavy (non-hydrogen) atoms. The first kappa shape index (κ1) is 14.0. The molecule has 1 fully saturated rings. The lowest BCUT2D eigenvalue weighted by Crippen LogP contribution is -2.45. The maximum atomic E-state index is 3.46. The van der Waals surface area contributed by atoms with E-state index in [9.17, 15) is 0 Å². The molecule has 1 saturated heterocycles. The van der Waals surface area contributed by atoms with Crippen LogP contribution in [-0.2, 0) is 0 Å². The summed E-state index contributed by atoms with van der Waals surface area (Å²) in [5.74, 6) is 0.867. The number of nitrogens with one attached hydrogen (secondary N) is 1. The van der Waals surface area contributed by atoms with Crippen LogP contribution >= 0.6 is 0 Å². The van der Waals surface area contributed by atoms with E-state index in [-0.39, 0.29) is 0 Å². The van der Waals surface area contributed by atoms with Crippen LogP contribution in [0.3, 0.4) is 0 Å². The molecule has 0 spiro atoms. The van der Waals surface area contributed by atoms with Gasteiger partial charge in [-0.1, -0.05) is 27.2 Å². The van der Waals surface area contributed by atoms with Gasteiger partial charge in [0.2, 0.25) is 0 Å². The van der Waals surface area contributed by atoms with Crippen LogP contribution < -0.4 is 5.32 Å². The molecule has 0 bridgehead atoms. The Kier molecular flexibility index (Phi) is 7.06. The van der Waals surface area contributed by atoms with Gasteiger partial charge in [-0.3, -0.25) is 0 Å². The SMILES string of the molecule is CCCC(C)CN(CCC)C1CCNCC1. The van der Waals surface area contributed by atoms with Crippen molar-refractivity contribution in [2.45, 2.75) is 58.9 Å². The van der Waals surface area contributed by atoms with Gasteiger partial charge >= 0.3 is 0 Å². The molecule has 96 valence electrons. The third-order valence-electron chi connectivity index (χ3n) is 3.66. The number of hydrogen-bond donors (Lipinski definition) is 1. The highest BCUT2D eigenvalue weighted by molar-refractivity contribution is 4.78. The van der Waals surface area contributed by atoms with Crippen molar-refractivity contribution in [3.63, 3.8) is 0 Å². The molecule has 0 aromatic heterocycles. The first-order valence-corrected chi connectivity index (χ1v) is 7.22. The van der Waals surface area contributed by atoms with Gasteiger partial charge in [0.15, 0.2) is 0 Å². The van der Waals surface area contributed by atoms with Crippen molar-refractivity contribution < 1.29 is 0 Å². The molecule has 0 aliphatic carbocycles. The minimum atomic E-state index is 0.848. The second kappa shape index (κ2) is 8.08. The van der Waals surface area contributed by atoms with Crippen LogP contribution in [0.5, 0.6) is 0 Å². The third kappa shape index (κ3) is 4.84. The zero-order valence-electron chi connectivity index (χ0n) is 11.5. The van der Waals surface area contributed by atoms with Gasteiger partial charge < -0.3 is 10.2 Å². The van der Waals surface area contributed by atoms with Crippen molar-refractivity contribution in [2.75, 3.05) is 26.2 Å². The molecular weight excluding hydrogens is 196 g/mol. The number of hydrogen-bond acceptors (Lipinski definition) is 2. The fourth-order valence-corrected chi connectivity index (χ4v) is 2.87. The van der Waals surface area contributed by atoms with Crippen LogP contribution in [0.25, 0.3) is 0 Å². The Morgan fingerprint density at radius 1 is 1.19 bits per heavy atom. The molecule has 2 heteroatoms. The molecule has 1 heterocycles. The molecule has 2 nitrogen and oxygen atoms in total. The summed E-state index contributed by atoms with van der Waals surface area (Å²) in [6, 6.07) is 0.848. The summed E-state index contributed by atoms with van der Waals surface area (Å²) in [5.41, 5.74) is 0. The van der Waals surface area contributed by atoms with Crippen LogP contribution in [0.1, 0.15) is 52.9 Å². The normalized spacial score (nSPS) is 20.2. The highest BCUT2D eigenvalue weighted by Gasteiger charge is 2.21. The molecule has 1 aliphatic rings. The summed E-state index contributed by atoms with van der Waals surface area (Å²) in [7, 11) is 0. The van der Waals surface area contributed by atoms with Gasteiger partial charge in [0.05, 0.1) is 0 Å². The highest BCUT2D eigenvalue weighted by atomic mass is 15.2. The summed E-state index contributed by atoms with van der Waals surface area (Å²) in [6.07, 6.45) is 6.69. The lowest BCUT2D eigenvalue weighted by Gasteiger charge is -2.36. The fraction of sp³-hybridized carbons (Fsp3) is 1.00. The first-order valence-electron chi connectivity index (χ1n) is 7.22. The van der Waals surface area contributed by atoms with E-state index in [1.165, 1.54) is 58.3 Å². The molecule has 0 amide bonds. The number of piperidine rings is 1. The van der Waals surface area contributed by atoms with Crippen LogP contribution in [0.4, 0.5) is 0 Å². The van der Waals surface area contributed by atoms with Gasteiger partial charge in [0.1, 0.15) is 0 Å². The Morgan fingerprint density at radius 2 is 1.88 bits per heavy atom. The summed E-state index contributed by atoms with van der Waals surface area (Å²) in [6.45, 7) is 12.0. The lowest BCUT2D eigenvalue weighted by molar-refractivity contribution is 0.139. The van der Waals surface area contributed by atoms with Gasteiger partial charge in [-0.25, -0.2) is 0 Å². The van der Waals surface area contributed by atoms with Crippen LogP contribution in [0.15, 0.2) is 0 Å². The van der Waals surface area contributed by atoms with E-state index in [1.54, 1.807) is 0 Å². The number of rotatable bonds is 7. The molecule has 1 unspecified atom stereocenters. The zero-order valence-corrected chi connectivity index (χ0v) is 11.5. The van der Waals surface area contributed by atoms with E-state index in [2.05, 4.69) is 31.0 Å². The minimum Gasteiger partial charge on any atom is -0.317 e. The first-order chi connectivity index (χ1) is 7.77. The van der Waals surface area contributed by atoms with E-state index in [0.29, 0.717) is 0 Å². The standard InChI is InChI=1S/C14H30N2/c1-4-6-13(3)12-16(11-5-2)14-7-9-15-10-8-14/h13-15H,4-12H2,1-3H3. The smallest absolute Gasteiger partial charge is 0.0119 e. The van der Waals surface area contributed by atoms with Crippen LogP contribution in [-0.4, -0.2) is 37.1 Å². The third-order valence-corrected chi connectivity index (χ3v) is 3.66. The number of nitrogens with zero attached hydrogens (tertiary/aromatic N) is 1. The molecular formula is C14H30N2. The Balaban J connectivity index is 2.38. The van der Waals surface area contributed by atoms with E-state index in [0.717, 1.165) is 12.0 Å². The summed E-state index contributed by atoms with van der Waals surface area (Å²) < 4.78 is 0. The highest BCUT2D eigenvalue weighted by Crippen LogP contribution is 2.16. The van der Waals surface area contributed by atoms with Crippen LogP contribution in [0, 0.1) is 5.92 Å². The Morgan fingerprint density at radius 3 is 2.44 bits per heavy atom. The van der Waals surface area contributed by atoms with Crippen LogP contribution in [0.2, 0.25) is 0 Å². The van der Waals surface area contributed by atoms with Crippen molar-refractivity contribution >= 4 is 0 Å². The predicted octanol–water partition coefficient (Wildman–Crippen LogP) is 2.89. The van der Waals surface area contributed by atoms with Crippen molar-refractivity contribution in [1.82, 2.24) is 10.2 Å². The fourth-order valence-electron chi connectivity index (χ4n) is 2.87. The van der Waals surface area contributed by atoms with Crippen molar-refractivity contribution in [1.29, 1.82) is 0 Å². The maximum absolute atomic E-state index is 3.46. The molecule has 0 aromatic rings. The quantitative estimate of drug-likeness (QED) is 0.718. The predicted molar refractivity (Wildman–Crippen MR) is 71.8 cm³/mol. The molecule has 1 aliphatic heterocycles. The Labute approximate surface area is 102 Å². The Hall–Kier alpha value is -0.0800. The van der Waals surface area contributed by atoms with Gasteiger partial charge in [-0.2, -0.15) is 0 Å². The molecule has 1 N–H and O–H groups in total. The molecule has 0 aromatic carbocycles. The summed E-state index contributed by atoms with van der Waals surface area (Å²) in [5, 5.41) is 3.46. The van der Waals surface area contributed by atoms with Crippen molar-refractivity contribution in [3.8, 4) is 0 Å². The largest absolute Gasteiger partial charge is 0.317 e. The summed E-state index contributed by atoms with van der Waals surface area (Å²) in [4.78, 5) is 2.75. The van der Waals surface area contributed by atoms with Gasteiger partial charge in [0, 0.05) is 12.6 Å². The average Bonchev–Trinajstić information content (AvgIpc) is 2.30. The maximum Gasteiger partial charge on any atom is 0.0119 e. The molecule has 0 saturated carbocycles. The topological polar surface area (TPSA) is 15.3 Å². The van der Waals surface area contributed by atoms with E-state index >= 15 is 0 Å². The minimum absolute atomic E-state index is 0.848. The van der Waals surface area contributed by atoms with E-state index in [1.807, 2.05) is 0 Å². The zero-order chi connectivity index (χ0) is 11.8. The van der Waals surface area contributed by atoms with Gasteiger partial charge in [0.25, 0.3) is 0 Å². The molecule has 1 rings (SSSR count). The second-order valence-electron chi connectivity index (χ2n) is 5.37. The van der Waals surface area contributed by atoms with Crippen molar-refractivity contribution in [2.24, 2.45) is 5.92 Å². The van der Waals surface area contributed by atoms with Gasteiger partial charge in [-0.15, -0.1) is 0 Å². The molecule has 0 radical (unpaired) electrons. The molecule has 1 atom stereocenters. The van der Waals surface area contributed by atoms with Crippen molar-refractivity contribution in [3.05, 3.63) is 0 Å². The van der Waals surface area contributed by atoms with Gasteiger partial charge in [-0.05, 0) is 51.2 Å². The monoisotopic (exact) mass is 226 g/mol.